The highest BCUT2D eigenvalue weighted by Crippen LogP contribution is 2.29. The van der Waals surface area contributed by atoms with Crippen molar-refractivity contribution < 1.29 is 9.59 Å². The van der Waals surface area contributed by atoms with Gasteiger partial charge >= 0.3 is 0 Å². The summed E-state index contributed by atoms with van der Waals surface area (Å²) in [5.74, 6) is -0.654. The molecule has 0 fully saturated rings. The summed E-state index contributed by atoms with van der Waals surface area (Å²) in [5.41, 5.74) is 1.21. The summed E-state index contributed by atoms with van der Waals surface area (Å²) < 4.78 is 0. The van der Waals surface area contributed by atoms with E-state index >= 15 is 0 Å². The quantitative estimate of drug-likeness (QED) is 0.836. The topological polar surface area (TPSA) is 58.2 Å². The largest absolute Gasteiger partial charge is 0.347 e. The van der Waals surface area contributed by atoms with Gasteiger partial charge in [-0.25, -0.2) is 0 Å². The molecule has 0 saturated heterocycles. The molecule has 0 radical (unpaired) electrons. The Labute approximate surface area is 148 Å². The highest BCUT2D eigenvalue weighted by molar-refractivity contribution is 6.44. The van der Waals surface area contributed by atoms with Crippen molar-refractivity contribution in [2.75, 3.05) is 11.9 Å². The van der Waals surface area contributed by atoms with Crippen LogP contribution in [0, 0.1) is 0 Å². The smallest absolute Gasteiger partial charge is 0.243 e. The molecular formula is C16H13Cl3N2O2. The summed E-state index contributed by atoms with van der Waals surface area (Å²) in [6.45, 7) is -0.157. The predicted molar refractivity (Wildman–Crippen MR) is 93.3 cm³/mol. The Morgan fingerprint density at radius 3 is 2.30 bits per heavy atom. The molecule has 4 nitrogen and oxygen atoms in total. The van der Waals surface area contributed by atoms with E-state index < -0.39 is 5.91 Å². The zero-order valence-corrected chi connectivity index (χ0v) is 14.2. The van der Waals surface area contributed by atoms with E-state index in [9.17, 15) is 9.59 Å². The van der Waals surface area contributed by atoms with Gasteiger partial charge in [-0.1, -0.05) is 53.0 Å². The Bertz CT molecular complexity index is 718. The van der Waals surface area contributed by atoms with Gasteiger partial charge in [-0.3, -0.25) is 9.59 Å². The van der Waals surface area contributed by atoms with Gasteiger partial charge in [0, 0.05) is 5.02 Å². The van der Waals surface area contributed by atoms with E-state index in [0.29, 0.717) is 15.7 Å². The van der Waals surface area contributed by atoms with Crippen LogP contribution in [0.25, 0.3) is 0 Å². The third kappa shape index (κ3) is 5.43. The van der Waals surface area contributed by atoms with Crippen LogP contribution in [-0.4, -0.2) is 18.4 Å². The lowest BCUT2D eigenvalue weighted by atomic mass is 10.1. The molecule has 0 aliphatic heterocycles. The molecule has 0 unspecified atom stereocenters. The second-order valence-electron chi connectivity index (χ2n) is 4.73. The SMILES string of the molecule is O=C(Cc1ccc(Cl)cc1)NCC(=O)Nc1cccc(Cl)c1Cl. The average Bonchev–Trinajstić information content (AvgIpc) is 2.52. The monoisotopic (exact) mass is 370 g/mol. The van der Waals surface area contributed by atoms with E-state index in [1.165, 1.54) is 0 Å². The van der Waals surface area contributed by atoms with Crippen molar-refractivity contribution in [1.82, 2.24) is 5.32 Å². The van der Waals surface area contributed by atoms with Crippen molar-refractivity contribution in [3.63, 3.8) is 0 Å². The number of amides is 2. The van der Waals surface area contributed by atoms with Gasteiger partial charge in [-0.15, -0.1) is 0 Å². The molecule has 0 aromatic heterocycles. The van der Waals surface area contributed by atoms with Crippen molar-refractivity contribution in [1.29, 1.82) is 0 Å². The second kappa shape index (κ2) is 8.20. The summed E-state index contributed by atoms with van der Waals surface area (Å²) in [5, 5.41) is 6.34. The van der Waals surface area contributed by atoms with E-state index in [1.54, 1.807) is 42.5 Å². The molecule has 2 rings (SSSR count). The molecule has 2 aromatic rings. The standard InChI is InChI=1S/C16H13Cl3N2O2/c17-11-6-4-10(5-7-11)8-14(22)20-9-15(23)21-13-3-1-2-12(18)16(13)19/h1-7H,8-9H2,(H,20,22)(H,21,23). The maximum atomic E-state index is 11.8. The first-order valence-corrected chi connectivity index (χ1v) is 7.84. The third-order valence-corrected chi connectivity index (χ3v) is 4.02. The number of nitrogens with one attached hydrogen (secondary N) is 2. The molecule has 0 bridgehead atoms. The number of halogens is 3. The number of hydrogen-bond acceptors (Lipinski definition) is 2. The number of carbonyl (C=O) groups is 2. The highest BCUT2D eigenvalue weighted by Gasteiger charge is 2.10. The summed E-state index contributed by atoms with van der Waals surface area (Å²) in [6, 6.07) is 11.8. The minimum atomic E-state index is -0.390. The zero-order chi connectivity index (χ0) is 16.8. The number of rotatable bonds is 5. The maximum absolute atomic E-state index is 11.8. The molecule has 0 aliphatic carbocycles. The van der Waals surface area contributed by atoms with Crippen LogP contribution >= 0.6 is 34.8 Å². The maximum Gasteiger partial charge on any atom is 0.243 e. The van der Waals surface area contributed by atoms with Crippen LogP contribution in [0.1, 0.15) is 5.56 Å². The minimum absolute atomic E-state index is 0.157. The van der Waals surface area contributed by atoms with E-state index in [-0.39, 0.29) is 23.9 Å². The second-order valence-corrected chi connectivity index (χ2v) is 5.95. The van der Waals surface area contributed by atoms with Crippen LogP contribution in [0.4, 0.5) is 5.69 Å². The molecule has 0 spiro atoms. The Morgan fingerprint density at radius 1 is 0.913 bits per heavy atom. The van der Waals surface area contributed by atoms with Gasteiger partial charge in [0.25, 0.3) is 0 Å². The fourth-order valence-corrected chi connectivity index (χ4v) is 2.30. The number of carbonyl (C=O) groups excluding carboxylic acids is 2. The predicted octanol–water partition coefficient (Wildman–Crippen LogP) is 3.94. The van der Waals surface area contributed by atoms with Crippen LogP contribution in [0.5, 0.6) is 0 Å². The minimum Gasteiger partial charge on any atom is -0.347 e. The summed E-state index contributed by atoms with van der Waals surface area (Å²) in [4.78, 5) is 23.6. The van der Waals surface area contributed by atoms with Crippen molar-refractivity contribution in [3.8, 4) is 0 Å². The molecule has 120 valence electrons. The van der Waals surface area contributed by atoms with Crippen LogP contribution in [0.2, 0.25) is 15.1 Å². The van der Waals surface area contributed by atoms with Gasteiger partial charge < -0.3 is 10.6 Å². The first kappa shape index (κ1) is 17.6. The van der Waals surface area contributed by atoms with Crippen molar-refractivity contribution in [2.45, 2.75) is 6.42 Å². The highest BCUT2D eigenvalue weighted by atomic mass is 35.5. The number of benzene rings is 2. The number of anilines is 1. The van der Waals surface area contributed by atoms with Crippen LogP contribution in [0.15, 0.2) is 42.5 Å². The first-order chi connectivity index (χ1) is 11.0. The normalized spacial score (nSPS) is 10.2. The van der Waals surface area contributed by atoms with E-state index in [0.717, 1.165) is 5.56 Å². The Hall–Kier alpha value is -1.75. The Kier molecular flexibility index (Phi) is 6.28. The van der Waals surface area contributed by atoms with Crippen molar-refractivity contribution in [3.05, 3.63) is 63.1 Å². The fourth-order valence-electron chi connectivity index (χ4n) is 1.82. The third-order valence-electron chi connectivity index (χ3n) is 2.95. The zero-order valence-electron chi connectivity index (χ0n) is 11.9. The van der Waals surface area contributed by atoms with E-state index in [4.69, 9.17) is 34.8 Å². The van der Waals surface area contributed by atoms with Gasteiger partial charge in [-0.05, 0) is 29.8 Å². The van der Waals surface area contributed by atoms with Gasteiger partial charge in [0.05, 0.1) is 28.7 Å². The lowest BCUT2D eigenvalue weighted by molar-refractivity contribution is -0.123. The summed E-state index contributed by atoms with van der Waals surface area (Å²) in [6.07, 6.45) is 0.169. The molecule has 0 atom stereocenters. The molecular weight excluding hydrogens is 359 g/mol. The molecule has 2 N–H and O–H groups in total. The van der Waals surface area contributed by atoms with Gasteiger partial charge in [0.1, 0.15) is 0 Å². The summed E-state index contributed by atoms with van der Waals surface area (Å²) >= 11 is 17.6. The lowest BCUT2D eigenvalue weighted by Gasteiger charge is -2.09. The Morgan fingerprint density at radius 2 is 1.61 bits per heavy atom. The molecule has 0 aliphatic rings. The van der Waals surface area contributed by atoms with E-state index in [1.807, 2.05) is 0 Å². The average molecular weight is 372 g/mol. The molecule has 2 amide bonds. The van der Waals surface area contributed by atoms with Crippen LogP contribution in [-0.2, 0) is 16.0 Å². The summed E-state index contributed by atoms with van der Waals surface area (Å²) in [7, 11) is 0. The van der Waals surface area contributed by atoms with E-state index in [2.05, 4.69) is 10.6 Å². The van der Waals surface area contributed by atoms with Gasteiger partial charge in [-0.2, -0.15) is 0 Å². The lowest BCUT2D eigenvalue weighted by Crippen LogP contribution is -2.33. The molecule has 2 aromatic carbocycles. The van der Waals surface area contributed by atoms with Crippen LogP contribution in [0.3, 0.4) is 0 Å². The Balaban J connectivity index is 1.83. The fraction of sp³-hybridized carbons (Fsp3) is 0.125. The van der Waals surface area contributed by atoms with Crippen LogP contribution < -0.4 is 10.6 Å². The molecule has 23 heavy (non-hydrogen) atoms. The van der Waals surface area contributed by atoms with Crippen molar-refractivity contribution in [2.24, 2.45) is 0 Å². The van der Waals surface area contributed by atoms with Gasteiger partial charge in [0.15, 0.2) is 0 Å². The molecule has 7 heteroatoms. The van der Waals surface area contributed by atoms with Crippen molar-refractivity contribution >= 4 is 52.3 Å². The molecule has 0 saturated carbocycles. The first-order valence-electron chi connectivity index (χ1n) is 6.70. The molecule has 0 heterocycles. The number of hydrogen-bond donors (Lipinski definition) is 2. The van der Waals surface area contributed by atoms with Gasteiger partial charge in [0.2, 0.25) is 11.8 Å².